The van der Waals surface area contributed by atoms with E-state index < -0.39 is 0 Å². The molecule has 27 heavy (non-hydrogen) atoms. The van der Waals surface area contributed by atoms with Crippen molar-refractivity contribution in [3.8, 4) is 5.69 Å². The monoisotopic (exact) mass is 408 g/mol. The molecule has 2 saturated carbocycles. The minimum absolute atomic E-state index is 0. The van der Waals surface area contributed by atoms with Gasteiger partial charge in [-0.3, -0.25) is 4.79 Å². The van der Waals surface area contributed by atoms with Crippen molar-refractivity contribution < 1.29 is 4.79 Å². The molecular formula is C20H26Cl2N4O. The van der Waals surface area contributed by atoms with E-state index in [2.05, 4.69) is 10.4 Å². The third kappa shape index (κ3) is 4.00. The van der Waals surface area contributed by atoms with Crippen LogP contribution in [-0.4, -0.2) is 27.8 Å². The van der Waals surface area contributed by atoms with E-state index in [-0.39, 0.29) is 30.4 Å². The standard InChI is InChI=1S/C20H25ClN4O.ClH/c1-12-18(11-23-25(12)17-7-3-6-15(21)10-17)20(26)24-19-13-4-2-5-14(19)9-16(22)8-13;/h3,6-7,10-11,13-14,16,19H,2,4-5,8-9,22H2,1H3,(H,24,26);1H. The Kier molecular flexibility index (Phi) is 6.14. The van der Waals surface area contributed by atoms with Crippen LogP contribution in [0.2, 0.25) is 5.02 Å². The van der Waals surface area contributed by atoms with Crippen molar-refractivity contribution in [3.05, 3.63) is 46.7 Å². The molecule has 1 aromatic heterocycles. The van der Waals surface area contributed by atoms with Crippen molar-refractivity contribution >= 4 is 29.9 Å². The summed E-state index contributed by atoms with van der Waals surface area (Å²) in [4.78, 5) is 12.9. The number of carbonyl (C=O) groups excluding carboxylic acids is 1. The van der Waals surface area contributed by atoms with Crippen LogP contribution < -0.4 is 11.1 Å². The van der Waals surface area contributed by atoms with Gasteiger partial charge in [0.1, 0.15) is 0 Å². The van der Waals surface area contributed by atoms with Crippen molar-refractivity contribution in [3.63, 3.8) is 0 Å². The molecule has 146 valence electrons. The molecule has 2 fully saturated rings. The Morgan fingerprint density at radius 3 is 2.67 bits per heavy atom. The maximum atomic E-state index is 12.9. The largest absolute Gasteiger partial charge is 0.349 e. The first-order chi connectivity index (χ1) is 12.5. The number of nitrogens with zero attached hydrogens (tertiary/aromatic N) is 2. The predicted molar refractivity (Wildman–Crippen MR) is 110 cm³/mol. The number of benzene rings is 1. The van der Waals surface area contributed by atoms with Crippen LogP contribution >= 0.6 is 24.0 Å². The maximum Gasteiger partial charge on any atom is 0.254 e. The summed E-state index contributed by atoms with van der Waals surface area (Å²) in [5.41, 5.74) is 8.50. The average Bonchev–Trinajstić information content (AvgIpc) is 2.97. The molecule has 0 radical (unpaired) electrons. The zero-order valence-corrected chi connectivity index (χ0v) is 17.0. The van der Waals surface area contributed by atoms with Crippen molar-refractivity contribution in [1.29, 1.82) is 0 Å². The molecule has 1 aromatic carbocycles. The SMILES string of the molecule is Cc1c(C(=O)NC2C3CCCC2CC(N)C3)cnn1-c1cccc(Cl)c1.Cl. The number of aromatic nitrogens is 2. The van der Waals surface area contributed by atoms with Gasteiger partial charge in [-0.15, -0.1) is 12.4 Å². The van der Waals surface area contributed by atoms with Crippen LogP contribution in [0.15, 0.2) is 30.5 Å². The lowest BCUT2D eigenvalue weighted by molar-refractivity contribution is 0.0755. The second kappa shape index (κ2) is 8.21. The van der Waals surface area contributed by atoms with Crippen LogP contribution in [0.5, 0.6) is 0 Å². The van der Waals surface area contributed by atoms with Crippen molar-refractivity contribution in [2.75, 3.05) is 0 Å². The number of amides is 1. The lowest BCUT2D eigenvalue weighted by atomic mass is 9.67. The van der Waals surface area contributed by atoms with Gasteiger partial charge in [-0.2, -0.15) is 5.10 Å². The first kappa shape index (κ1) is 20.2. The fourth-order valence-corrected chi connectivity index (χ4v) is 4.94. The molecule has 0 spiro atoms. The minimum atomic E-state index is -0.0341. The lowest BCUT2D eigenvalue weighted by Gasteiger charge is -2.45. The van der Waals surface area contributed by atoms with Gasteiger partial charge in [-0.25, -0.2) is 4.68 Å². The van der Waals surface area contributed by atoms with Crippen LogP contribution in [0.25, 0.3) is 5.69 Å². The third-order valence-electron chi connectivity index (χ3n) is 5.98. The van der Waals surface area contributed by atoms with Gasteiger partial charge in [-0.05, 0) is 62.6 Å². The van der Waals surface area contributed by atoms with Gasteiger partial charge in [0, 0.05) is 17.1 Å². The number of nitrogens with two attached hydrogens (primary N) is 1. The zero-order chi connectivity index (χ0) is 18.3. The number of halogens is 2. The van der Waals surface area contributed by atoms with E-state index in [0.29, 0.717) is 22.4 Å². The molecule has 1 amide bonds. The second-order valence-corrected chi connectivity index (χ2v) is 8.15. The Labute approximate surface area is 171 Å². The van der Waals surface area contributed by atoms with Gasteiger partial charge < -0.3 is 11.1 Å². The summed E-state index contributed by atoms with van der Waals surface area (Å²) in [6, 6.07) is 8.00. The molecule has 0 saturated heterocycles. The van der Waals surface area contributed by atoms with E-state index in [9.17, 15) is 4.79 Å². The highest BCUT2D eigenvalue weighted by Gasteiger charge is 2.40. The molecule has 3 N–H and O–H groups in total. The Morgan fingerprint density at radius 1 is 1.30 bits per heavy atom. The highest BCUT2D eigenvalue weighted by atomic mass is 35.5. The van der Waals surface area contributed by atoms with Gasteiger partial charge in [0.15, 0.2) is 0 Å². The maximum absolute atomic E-state index is 12.9. The molecule has 2 aromatic rings. The van der Waals surface area contributed by atoms with E-state index in [4.69, 9.17) is 17.3 Å². The number of nitrogens with one attached hydrogen (secondary N) is 1. The average molecular weight is 409 g/mol. The van der Waals surface area contributed by atoms with Crippen LogP contribution in [0.1, 0.15) is 48.2 Å². The highest BCUT2D eigenvalue weighted by Crippen LogP contribution is 2.39. The third-order valence-corrected chi connectivity index (χ3v) is 6.22. The van der Waals surface area contributed by atoms with Crippen molar-refractivity contribution in [2.45, 2.75) is 51.1 Å². The summed E-state index contributed by atoms with van der Waals surface area (Å²) < 4.78 is 1.76. The number of rotatable bonds is 3. The van der Waals surface area contributed by atoms with E-state index in [1.807, 2.05) is 31.2 Å². The van der Waals surface area contributed by atoms with Gasteiger partial charge in [0.05, 0.1) is 23.1 Å². The number of fused-ring (bicyclic) bond motifs is 2. The summed E-state index contributed by atoms with van der Waals surface area (Å²) in [7, 11) is 0. The quantitative estimate of drug-likeness (QED) is 0.808. The molecule has 2 unspecified atom stereocenters. The molecule has 4 rings (SSSR count). The molecule has 2 aliphatic carbocycles. The summed E-state index contributed by atoms with van der Waals surface area (Å²) >= 11 is 6.08. The van der Waals surface area contributed by atoms with Crippen LogP contribution in [0.4, 0.5) is 0 Å². The Bertz CT molecular complexity index is 808. The first-order valence-electron chi connectivity index (χ1n) is 9.40. The Hall–Kier alpha value is -1.56. The van der Waals surface area contributed by atoms with E-state index in [1.165, 1.54) is 6.42 Å². The first-order valence-corrected chi connectivity index (χ1v) is 9.77. The van der Waals surface area contributed by atoms with E-state index in [0.717, 1.165) is 37.1 Å². The van der Waals surface area contributed by atoms with Crippen LogP contribution in [0.3, 0.4) is 0 Å². The number of hydrogen-bond donors (Lipinski definition) is 2. The fraction of sp³-hybridized carbons (Fsp3) is 0.500. The lowest BCUT2D eigenvalue weighted by Crippen LogP contribution is -2.53. The van der Waals surface area contributed by atoms with Crippen molar-refractivity contribution in [2.24, 2.45) is 17.6 Å². The van der Waals surface area contributed by atoms with E-state index >= 15 is 0 Å². The Balaban J connectivity index is 0.00000210. The van der Waals surface area contributed by atoms with E-state index in [1.54, 1.807) is 10.9 Å². The van der Waals surface area contributed by atoms with Gasteiger partial charge in [0.25, 0.3) is 5.91 Å². The number of carbonyl (C=O) groups is 1. The van der Waals surface area contributed by atoms with Crippen molar-refractivity contribution in [1.82, 2.24) is 15.1 Å². The molecule has 1 heterocycles. The van der Waals surface area contributed by atoms with Gasteiger partial charge in [0.2, 0.25) is 0 Å². The molecule has 5 nitrogen and oxygen atoms in total. The normalized spacial score (nSPS) is 26.9. The highest BCUT2D eigenvalue weighted by molar-refractivity contribution is 6.30. The molecule has 2 aliphatic rings. The molecule has 2 atom stereocenters. The summed E-state index contributed by atoms with van der Waals surface area (Å²) in [6.07, 6.45) is 7.26. The fourth-order valence-electron chi connectivity index (χ4n) is 4.75. The molecular weight excluding hydrogens is 383 g/mol. The molecule has 2 bridgehead atoms. The topological polar surface area (TPSA) is 72.9 Å². The number of hydrogen-bond acceptors (Lipinski definition) is 3. The van der Waals surface area contributed by atoms with Gasteiger partial charge >= 0.3 is 0 Å². The van der Waals surface area contributed by atoms with Crippen LogP contribution in [-0.2, 0) is 0 Å². The smallest absolute Gasteiger partial charge is 0.254 e. The Morgan fingerprint density at radius 2 is 2.00 bits per heavy atom. The van der Waals surface area contributed by atoms with Gasteiger partial charge in [-0.1, -0.05) is 24.1 Å². The molecule has 7 heteroatoms. The summed E-state index contributed by atoms with van der Waals surface area (Å²) in [5, 5.41) is 8.35. The second-order valence-electron chi connectivity index (χ2n) is 7.72. The summed E-state index contributed by atoms with van der Waals surface area (Å²) in [5.74, 6) is 0.975. The van der Waals surface area contributed by atoms with Crippen LogP contribution in [0, 0.1) is 18.8 Å². The predicted octanol–water partition coefficient (Wildman–Crippen LogP) is 3.89. The minimum Gasteiger partial charge on any atom is -0.349 e. The zero-order valence-electron chi connectivity index (χ0n) is 15.4. The molecule has 0 aliphatic heterocycles. The summed E-state index contributed by atoms with van der Waals surface area (Å²) in [6.45, 7) is 1.92.